The van der Waals surface area contributed by atoms with Gasteiger partial charge >= 0.3 is 5.91 Å². The predicted molar refractivity (Wildman–Crippen MR) is 168 cm³/mol. The van der Waals surface area contributed by atoms with Gasteiger partial charge in [0.15, 0.2) is 0 Å². The first-order chi connectivity index (χ1) is 20.4. The Morgan fingerprint density at radius 1 is 1.07 bits per heavy atom. The molecule has 1 amide bonds. The van der Waals surface area contributed by atoms with Crippen LogP contribution in [0.3, 0.4) is 0 Å². The van der Waals surface area contributed by atoms with Crippen molar-refractivity contribution in [2.75, 3.05) is 41.3 Å². The third-order valence-corrected chi connectivity index (χ3v) is 9.22. The van der Waals surface area contributed by atoms with Gasteiger partial charge in [-0.3, -0.25) is 4.48 Å². The second-order valence-corrected chi connectivity index (χ2v) is 12.8. The summed E-state index contributed by atoms with van der Waals surface area (Å²) in [5.41, 5.74) is 7.58. The lowest BCUT2D eigenvalue weighted by molar-refractivity contribution is -0.836. The molecular weight excluding hydrogens is 542 g/mol. The van der Waals surface area contributed by atoms with Gasteiger partial charge < -0.3 is 24.1 Å². The van der Waals surface area contributed by atoms with Crippen LogP contribution in [0.1, 0.15) is 66.1 Å². The molecule has 0 atom stereocenters. The zero-order valence-corrected chi connectivity index (χ0v) is 26.7. The number of carbonyl (C=O) groups is 1. The van der Waals surface area contributed by atoms with Gasteiger partial charge in [0.1, 0.15) is 28.7 Å². The average Bonchev–Trinajstić information content (AvgIpc) is 3.66. The first-order valence-electron chi connectivity index (χ1n) is 15.0. The van der Waals surface area contributed by atoms with Crippen molar-refractivity contribution in [2.24, 2.45) is 0 Å². The number of hydrogen-bond donors (Lipinski definition) is 2. The van der Waals surface area contributed by atoms with E-state index in [9.17, 15) is 4.79 Å². The highest BCUT2D eigenvalue weighted by atomic mass is 16.5. The van der Waals surface area contributed by atoms with Crippen molar-refractivity contribution in [2.45, 2.75) is 59.4 Å². The molecule has 0 unspecified atom stereocenters. The fourth-order valence-electron chi connectivity index (χ4n) is 6.72. The van der Waals surface area contributed by atoms with Gasteiger partial charge in [0, 0.05) is 53.7 Å². The minimum Gasteiger partial charge on any atom is -0.496 e. The van der Waals surface area contributed by atoms with E-state index in [-0.39, 0.29) is 17.9 Å². The number of hydrogen-bond acceptors (Lipinski definition) is 7. The standard InChI is InChI=1S/C33H41N7O3/c1-17(2)30-24(15-26(36-30)33(41)40(7,8)21-10-12-39(6)13-11-21)31-29-22-16-27(42-9)23(28-18(3)38-43-19(28)4)14-25(22)37-32(29)35-20(5)34-31/h14-17,21H,10-13H2,1-9H3,(H-,34,35,36,37,41)/p+1. The number of nitrogens with one attached hydrogen (secondary N) is 2. The number of likely N-dealkylation sites (tertiary alicyclic amines) is 1. The number of methoxy groups -OCH3 is 1. The van der Waals surface area contributed by atoms with Crippen molar-refractivity contribution >= 4 is 27.8 Å². The molecule has 226 valence electrons. The maximum atomic E-state index is 14.1. The van der Waals surface area contributed by atoms with E-state index in [4.69, 9.17) is 19.2 Å². The van der Waals surface area contributed by atoms with E-state index in [1.807, 2.05) is 47.0 Å². The molecular formula is C33H42N7O3+. The molecule has 43 heavy (non-hydrogen) atoms. The van der Waals surface area contributed by atoms with Gasteiger partial charge in [-0.2, -0.15) is 0 Å². The van der Waals surface area contributed by atoms with E-state index >= 15 is 0 Å². The zero-order chi connectivity index (χ0) is 30.8. The molecule has 1 aliphatic rings. The number of nitrogens with zero attached hydrogens (tertiary/aromatic N) is 5. The third kappa shape index (κ3) is 4.82. The number of piperidine rings is 1. The summed E-state index contributed by atoms with van der Waals surface area (Å²) in [6.07, 6.45) is 2.00. The molecule has 2 N–H and O–H groups in total. The number of H-pyrrole nitrogens is 2. The quantitative estimate of drug-likeness (QED) is 0.231. The van der Waals surface area contributed by atoms with Crippen molar-refractivity contribution in [3.63, 3.8) is 0 Å². The van der Waals surface area contributed by atoms with E-state index in [0.29, 0.717) is 21.8 Å². The Morgan fingerprint density at radius 2 is 1.79 bits per heavy atom. The van der Waals surface area contributed by atoms with Gasteiger partial charge in [0.25, 0.3) is 0 Å². The lowest BCUT2D eigenvalue weighted by Crippen LogP contribution is -2.56. The first kappa shape index (κ1) is 29.1. The van der Waals surface area contributed by atoms with Crippen molar-refractivity contribution < 1.29 is 18.5 Å². The summed E-state index contributed by atoms with van der Waals surface area (Å²) in [4.78, 5) is 33.3. The number of ether oxygens (including phenoxy) is 1. The summed E-state index contributed by atoms with van der Waals surface area (Å²) >= 11 is 0. The molecule has 5 heterocycles. The summed E-state index contributed by atoms with van der Waals surface area (Å²) in [7, 11) is 7.91. The Bertz CT molecular complexity index is 1830. The van der Waals surface area contributed by atoms with Crippen LogP contribution in [0.2, 0.25) is 0 Å². The molecule has 0 aliphatic carbocycles. The van der Waals surface area contributed by atoms with E-state index in [1.54, 1.807) is 7.11 Å². The Hall–Kier alpha value is -4.02. The molecule has 0 spiro atoms. The van der Waals surface area contributed by atoms with Crippen LogP contribution in [0.15, 0.2) is 22.7 Å². The molecule has 1 fully saturated rings. The highest BCUT2D eigenvalue weighted by molar-refractivity contribution is 6.14. The molecule has 1 aliphatic heterocycles. The average molecular weight is 585 g/mol. The summed E-state index contributed by atoms with van der Waals surface area (Å²) in [6.45, 7) is 12.0. The van der Waals surface area contributed by atoms with Gasteiger partial charge in [-0.1, -0.05) is 19.0 Å². The van der Waals surface area contributed by atoms with E-state index in [0.717, 1.165) is 87.4 Å². The number of aryl methyl sites for hydroxylation is 3. The summed E-state index contributed by atoms with van der Waals surface area (Å²) in [5, 5.41) is 6.00. The Kier molecular flexibility index (Phi) is 7.17. The zero-order valence-electron chi connectivity index (χ0n) is 26.7. The normalized spacial score (nSPS) is 15.3. The van der Waals surface area contributed by atoms with E-state index < -0.39 is 0 Å². The number of quaternary nitrogens is 1. The van der Waals surface area contributed by atoms with Gasteiger partial charge in [-0.05, 0) is 51.9 Å². The lowest BCUT2D eigenvalue weighted by Gasteiger charge is -2.39. The minimum atomic E-state index is 0.0921. The number of benzene rings is 1. The SMILES string of the molecule is COc1cc2c(cc1-c1c(C)noc1C)[nH]c1nc(C)nc(-c3cc(C(=O)[N+](C)(C)C4CCN(C)CC4)[nH]c3C(C)C)c12. The summed E-state index contributed by atoms with van der Waals surface area (Å²) in [5.74, 6) is 2.33. The minimum absolute atomic E-state index is 0.0921. The van der Waals surface area contributed by atoms with Crippen LogP contribution < -0.4 is 4.74 Å². The fourth-order valence-corrected chi connectivity index (χ4v) is 6.72. The van der Waals surface area contributed by atoms with Gasteiger partial charge in [-0.15, -0.1) is 0 Å². The highest BCUT2D eigenvalue weighted by Crippen LogP contribution is 2.42. The fraction of sp³-hybridized carbons (Fsp3) is 0.455. The molecule has 0 bridgehead atoms. The number of carbonyl (C=O) groups excluding carboxylic acids is 1. The maximum absolute atomic E-state index is 14.1. The number of aromatic amines is 2. The molecule has 6 rings (SSSR count). The Labute approximate surface area is 252 Å². The molecule has 4 aromatic heterocycles. The number of amides is 1. The molecule has 0 saturated carbocycles. The lowest BCUT2D eigenvalue weighted by atomic mass is 9.98. The second kappa shape index (κ2) is 10.6. The maximum Gasteiger partial charge on any atom is 0.362 e. The van der Waals surface area contributed by atoms with Gasteiger partial charge in [0.2, 0.25) is 0 Å². The molecule has 5 aromatic rings. The summed E-state index contributed by atoms with van der Waals surface area (Å²) in [6, 6.07) is 6.38. The number of aromatic nitrogens is 5. The van der Waals surface area contributed by atoms with Crippen molar-refractivity contribution in [1.82, 2.24) is 30.0 Å². The third-order valence-electron chi connectivity index (χ3n) is 9.22. The van der Waals surface area contributed by atoms with E-state index in [1.165, 1.54) is 0 Å². The second-order valence-electron chi connectivity index (χ2n) is 12.8. The Morgan fingerprint density at radius 3 is 2.42 bits per heavy atom. The van der Waals surface area contributed by atoms with Crippen LogP contribution in [0.4, 0.5) is 0 Å². The van der Waals surface area contributed by atoms with Crippen LogP contribution in [0, 0.1) is 20.8 Å². The van der Waals surface area contributed by atoms with E-state index in [2.05, 4.69) is 47.0 Å². The van der Waals surface area contributed by atoms with Crippen LogP contribution in [-0.2, 0) is 0 Å². The topological polar surface area (TPSA) is 113 Å². The molecule has 10 heteroatoms. The van der Waals surface area contributed by atoms with Crippen molar-refractivity contribution in [3.8, 4) is 28.1 Å². The highest BCUT2D eigenvalue weighted by Gasteiger charge is 2.39. The number of fused-ring (bicyclic) bond motifs is 3. The molecule has 10 nitrogen and oxygen atoms in total. The molecule has 1 aromatic carbocycles. The van der Waals surface area contributed by atoms with Crippen LogP contribution >= 0.6 is 0 Å². The Balaban J connectivity index is 1.52. The van der Waals surface area contributed by atoms with Gasteiger partial charge in [-0.25, -0.2) is 14.8 Å². The number of rotatable bonds is 6. The monoisotopic (exact) mass is 584 g/mol. The van der Waals surface area contributed by atoms with Crippen LogP contribution in [0.5, 0.6) is 5.75 Å². The van der Waals surface area contributed by atoms with Crippen LogP contribution in [-0.4, -0.2) is 87.8 Å². The largest absolute Gasteiger partial charge is 0.496 e. The molecule has 1 saturated heterocycles. The summed E-state index contributed by atoms with van der Waals surface area (Å²) < 4.78 is 11.7. The smallest absolute Gasteiger partial charge is 0.362 e. The molecule has 0 radical (unpaired) electrons. The van der Waals surface area contributed by atoms with Crippen molar-refractivity contribution in [3.05, 3.63) is 46.9 Å². The van der Waals surface area contributed by atoms with Gasteiger partial charge in [0.05, 0.1) is 49.6 Å². The van der Waals surface area contributed by atoms with Crippen LogP contribution in [0.25, 0.3) is 44.3 Å². The first-order valence-corrected chi connectivity index (χ1v) is 15.0. The van der Waals surface area contributed by atoms with Crippen molar-refractivity contribution in [1.29, 1.82) is 0 Å². The predicted octanol–water partition coefficient (Wildman–Crippen LogP) is 6.13.